The van der Waals surface area contributed by atoms with E-state index < -0.39 is 0 Å². The van der Waals surface area contributed by atoms with Crippen molar-refractivity contribution in [3.8, 4) is 11.8 Å². The van der Waals surface area contributed by atoms with Crippen LogP contribution in [0.5, 0.6) is 5.75 Å². The van der Waals surface area contributed by atoms with Gasteiger partial charge in [0.15, 0.2) is 0 Å². The van der Waals surface area contributed by atoms with E-state index in [1.165, 1.54) is 0 Å². The Kier molecular flexibility index (Phi) is 7.31. The van der Waals surface area contributed by atoms with Crippen molar-refractivity contribution in [2.45, 2.75) is 25.0 Å². The zero-order chi connectivity index (χ0) is 13.2. The van der Waals surface area contributed by atoms with Crippen molar-refractivity contribution < 1.29 is 9.84 Å². The van der Waals surface area contributed by atoms with E-state index in [1.807, 2.05) is 30.0 Å². The highest BCUT2D eigenvalue weighted by atomic mass is 32.2. The molecule has 3 nitrogen and oxygen atoms in total. The van der Waals surface area contributed by atoms with Crippen LogP contribution in [0.2, 0.25) is 0 Å². The molecule has 0 radical (unpaired) electrons. The van der Waals surface area contributed by atoms with Crippen molar-refractivity contribution in [3.05, 3.63) is 29.8 Å². The van der Waals surface area contributed by atoms with Crippen molar-refractivity contribution in [1.29, 1.82) is 5.26 Å². The lowest BCUT2D eigenvalue weighted by Crippen LogP contribution is -2.04. The second-order valence-electron chi connectivity index (χ2n) is 4.00. The van der Waals surface area contributed by atoms with E-state index in [4.69, 9.17) is 15.1 Å². The number of aliphatic hydroxyl groups is 1. The smallest absolute Gasteiger partial charge is 0.137 e. The van der Waals surface area contributed by atoms with Crippen LogP contribution in [0.3, 0.4) is 0 Å². The Labute approximate surface area is 113 Å². The minimum Gasteiger partial charge on any atom is -0.492 e. The lowest BCUT2D eigenvalue weighted by molar-refractivity contribution is 0.288. The van der Waals surface area contributed by atoms with E-state index in [-0.39, 0.29) is 6.61 Å². The molecule has 0 bridgehead atoms. The molecule has 0 amide bonds. The van der Waals surface area contributed by atoms with Crippen LogP contribution in [-0.4, -0.2) is 29.3 Å². The van der Waals surface area contributed by atoms with E-state index in [2.05, 4.69) is 13.0 Å². The molecule has 0 fully saturated rings. The molecule has 1 atom stereocenters. The highest BCUT2D eigenvalue weighted by Crippen LogP contribution is 2.18. The number of hydrogen-bond donors (Lipinski definition) is 1. The second kappa shape index (κ2) is 8.84. The highest BCUT2D eigenvalue weighted by Gasteiger charge is 2.03. The van der Waals surface area contributed by atoms with Gasteiger partial charge < -0.3 is 9.84 Å². The predicted octanol–water partition coefficient (Wildman–Crippen LogP) is 2.83. The third kappa shape index (κ3) is 5.44. The Bertz CT molecular complexity index is 390. The maximum atomic E-state index is 8.90. The van der Waals surface area contributed by atoms with Crippen LogP contribution in [0.4, 0.5) is 0 Å². The second-order valence-corrected chi connectivity index (χ2v) is 5.55. The lowest BCUT2D eigenvalue weighted by atomic mass is 10.2. The van der Waals surface area contributed by atoms with E-state index >= 15 is 0 Å². The monoisotopic (exact) mass is 265 g/mol. The van der Waals surface area contributed by atoms with Gasteiger partial charge in [-0.1, -0.05) is 19.1 Å². The van der Waals surface area contributed by atoms with Crippen LogP contribution < -0.4 is 4.74 Å². The maximum Gasteiger partial charge on any atom is 0.137 e. The van der Waals surface area contributed by atoms with Gasteiger partial charge in [-0.2, -0.15) is 17.0 Å². The summed E-state index contributed by atoms with van der Waals surface area (Å²) in [5.41, 5.74) is 0.582. The van der Waals surface area contributed by atoms with Crippen LogP contribution in [0.15, 0.2) is 24.3 Å². The Morgan fingerprint density at radius 3 is 2.94 bits per heavy atom. The van der Waals surface area contributed by atoms with Gasteiger partial charge in [0.05, 0.1) is 12.2 Å². The zero-order valence-corrected chi connectivity index (χ0v) is 11.4. The summed E-state index contributed by atoms with van der Waals surface area (Å²) in [7, 11) is 0. The minimum atomic E-state index is 0.250. The molecule has 0 aliphatic carbocycles. The molecule has 98 valence electrons. The number of rotatable bonds is 8. The Morgan fingerprint density at radius 1 is 1.44 bits per heavy atom. The number of nitrogens with zero attached hydrogens (tertiary/aromatic N) is 1. The third-order valence-electron chi connectivity index (χ3n) is 2.49. The fourth-order valence-electron chi connectivity index (χ4n) is 1.48. The molecule has 1 N–H and O–H groups in total. The van der Waals surface area contributed by atoms with Gasteiger partial charge in [0.25, 0.3) is 0 Å². The van der Waals surface area contributed by atoms with Crippen LogP contribution in [0.1, 0.15) is 25.3 Å². The van der Waals surface area contributed by atoms with E-state index in [0.29, 0.717) is 23.2 Å². The summed E-state index contributed by atoms with van der Waals surface area (Å²) in [6.45, 7) is 2.99. The van der Waals surface area contributed by atoms with Crippen molar-refractivity contribution in [1.82, 2.24) is 0 Å². The first-order valence-electron chi connectivity index (χ1n) is 6.12. The normalized spacial score (nSPS) is 11.8. The summed E-state index contributed by atoms with van der Waals surface area (Å²) < 4.78 is 5.58. The summed E-state index contributed by atoms with van der Waals surface area (Å²) in [5.74, 6) is 1.67. The molecule has 4 heteroatoms. The molecule has 1 aromatic carbocycles. The molecule has 1 rings (SSSR count). The fourth-order valence-corrected chi connectivity index (χ4v) is 2.43. The van der Waals surface area contributed by atoms with Gasteiger partial charge in [0.2, 0.25) is 0 Å². The molecule has 1 aromatic rings. The zero-order valence-electron chi connectivity index (χ0n) is 10.6. The van der Waals surface area contributed by atoms with Crippen molar-refractivity contribution >= 4 is 11.8 Å². The molecule has 0 aliphatic heterocycles. The first-order valence-corrected chi connectivity index (χ1v) is 7.17. The van der Waals surface area contributed by atoms with Crippen LogP contribution in [0, 0.1) is 11.3 Å². The largest absolute Gasteiger partial charge is 0.492 e. The standard InChI is InChI=1S/C14H19NO2S/c1-12(7-8-16)18-10-4-9-17-14-6-3-2-5-13(14)11-15/h2-3,5-6,12,16H,4,7-10H2,1H3. The molecule has 18 heavy (non-hydrogen) atoms. The molecule has 0 heterocycles. The van der Waals surface area contributed by atoms with Gasteiger partial charge in [0.1, 0.15) is 11.8 Å². The van der Waals surface area contributed by atoms with Gasteiger partial charge in [0, 0.05) is 11.9 Å². The van der Waals surface area contributed by atoms with E-state index in [1.54, 1.807) is 6.07 Å². The topological polar surface area (TPSA) is 53.2 Å². The summed E-state index contributed by atoms with van der Waals surface area (Å²) in [6, 6.07) is 9.39. The van der Waals surface area contributed by atoms with Crippen molar-refractivity contribution in [2.24, 2.45) is 0 Å². The molecule has 0 saturated carbocycles. The van der Waals surface area contributed by atoms with Crippen molar-refractivity contribution in [2.75, 3.05) is 19.0 Å². The van der Waals surface area contributed by atoms with Crippen LogP contribution in [-0.2, 0) is 0 Å². The van der Waals surface area contributed by atoms with Gasteiger partial charge in [-0.3, -0.25) is 0 Å². The van der Waals surface area contributed by atoms with E-state index in [0.717, 1.165) is 18.6 Å². The van der Waals surface area contributed by atoms with Crippen LogP contribution in [0.25, 0.3) is 0 Å². The number of hydrogen-bond acceptors (Lipinski definition) is 4. The van der Waals surface area contributed by atoms with Gasteiger partial charge in [-0.05, 0) is 30.7 Å². The number of thioether (sulfide) groups is 1. The van der Waals surface area contributed by atoms with Gasteiger partial charge >= 0.3 is 0 Å². The number of benzene rings is 1. The fraction of sp³-hybridized carbons (Fsp3) is 0.500. The first kappa shape index (κ1) is 14.9. The number of aliphatic hydroxyl groups excluding tert-OH is 1. The molecular weight excluding hydrogens is 246 g/mol. The Hall–Kier alpha value is -1.18. The Balaban J connectivity index is 2.20. The summed E-state index contributed by atoms with van der Waals surface area (Å²) >= 11 is 1.84. The number of ether oxygens (including phenoxy) is 1. The quantitative estimate of drug-likeness (QED) is 0.734. The number of para-hydroxylation sites is 1. The molecule has 0 aromatic heterocycles. The SMILES string of the molecule is CC(CCO)SCCCOc1ccccc1C#N. The lowest BCUT2D eigenvalue weighted by Gasteiger charge is -2.10. The first-order chi connectivity index (χ1) is 8.77. The highest BCUT2D eigenvalue weighted by molar-refractivity contribution is 7.99. The average molecular weight is 265 g/mol. The van der Waals surface area contributed by atoms with Crippen molar-refractivity contribution in [3.63, 3.8) is 0 Å². The molecule has 1 unspecified atom stereocenters. The van der Waals surface area contributed by atoms with E-state index in [9.17, 15) is 0 Å². The van der Waals surface area contributed by atoms with Crippen LogP contribution >= 0.6 is 11.8 Å². The summed E-state index contributed by atoms with van der Waals surface area (Å²) in [6.07, 6.45) is 1.78. The maximum absolute atomic E-state index is 8.90. The Morgan fingerprint density at radius 2 is 2.22 bits per heavy atom. The molecular formula is C14H19NO2S. The minimum absolute atomic E-state index is 0.250. The van der Waals surface area contributed by atoms with Gasteiger partial charge in [-0.15, -0.1) is 0 Å². The van der Waals surface area contributed by atoms with Gasteiger partial charge in [-0.25, -0.2) is 0 Å². The molecule has 0 saturated heterocycles. The average Bonchev–Trinajstić information content (AvgIpc) is 2.39. The summed E-state index contributed by atoms with van der Waals surface area (Å²) in [4.78, 5) is 0. The molecule has 0 aliphatic rings. The predicted molar refractivity (Wildman–Crippen MR) is 74.9 cm³/mol. The number of nitriles is 1. The summed E-state index contributed by atoms with van der Waals surface area (Å²) in [5, 5.41) is 18.2. The third-order valence-corrected chi connectivity index (χ3v) is 3.82. The molecule has 0 spiro atoms.